The van der Waals surface area contributed by atoms with Crippen LogP contribution in [0.3, 0.4) is 0 Å². The van der Waals surface area contributed by atoms with Gasteiger partial charge >= 0.3 is 6.03 Å². The molecule has 3 aromatic rings. The molecule has 9 heteroatoms. The first-order valence-electron chi connectivity index (χ1n) is 14.8. The van der Waals surface area contributed by atoms with Gasteiger partial charge in [-0.15, -0.1) is 0 Å². The summed E-state index contributed by atoms with van der Waals surface area (Å²) >= 11 is 0. The largest absolute Gasteiger partial charge is 0.490 e. The van der Waals surface area contributed by atoms with Crippen molar-refractivity contribution in [1.29, 1.82) is 0 Å². The van der Waals surface area contributed by atoms with Crippen LogP contribution in [-0.4, -0.2) is 73.5 Å². The predicted molar refractivity (Wildman–Crippen MR) is 167 cm³/mol. The Morgan fingerprint density at radius 1 is 1.07 bits per heavy atom. The first-order valence-corrected chi connectivity index (χ1v) is 14.8. The molecule has 42 heavy (non-hydrogen) atoms. The number of carbonyl (C=O) groups is 2. The van der Waals surface area contributed by atoms with E-state index in [4.69, 9.17) is 9.47 Å². The summed E-state index contributed by atoms with van der Waals surface area (Å²) in [6, 6.07) is 17.9. The summed E-state index contributed by atoms with van der Waals surface area (Å²) in [5.41, 5.74) is 1.48. The number of anilines is 2. The Kier molecular flexibility index (Phi) is 11.2. The van der Waals surface area contributed by atoms with Crippen molar-refractivity contribution in [2.45, 2.75) is 58.3 Å². The molecule has 0 unspecified atom stereocenters. The zero-order valence-corrected chi connectivity index (χ0v) is 25.1. The SMILES string of the molecule is CNC[C@@H]1OCCCC[C@@H](C)Oc2ccc(NC(=O)Nc3cccc4ccccc34)cc2C(=O)N([C@H](C)CO)C[C@H]1C. The molecule has 0 fully saturated rings. The second kappa shape index (κ2) is 15.0. The molecule has 0 aromatic heterocycles. The molecule has 0 saturated carbocycles. The van der Waals surface area contributed by atoms with Gasteiger partial charge in [-0.1, -0.05) is 43.3 Å². The van der Waals surface area contributed by atoms with Crippen molar-refractivity contribution in [2.75, 3.05) is 44.0 Å². The average molecular weight is 577 g/mol. The fraction of sp³-hybridized carbons (Fsp3) is 0.455. The van der Waals surface area contributed by atoms with Gasteiger partial charge in [0.1, 0.15) is 5.75 Å². The van der Waals surface area contributed by atoms with Crippen LogP contribution < -0.4 is 20.7 Å². The van der Waals surface area contributed by atoms with E-state index >= 15 is 0 Å². The van der Waals surface area contributed by atoms with Crippen molar-refractivity contribution in [3.63, 3.8) is 0 Å². The summed E-state index contributed by atoms with van der Waals surface area (Å²) in [7, 11) is 1.89. The van der Waals surface area contributed by atoms with Crippen LogP contribution in [0.5, 0.6) is 5.75 Å². The van der Waals surface area contributed by atoms with Gasteiger partial charge in [-0.25, -0.2) is 4.79 Å². The summed E-state index contributed by atoms with van der Waals surface area (Å²) in [4.78, 5) is 28.9. The number of nitrogens with zero attached hydrogens (tertiary/aromatic N) is 1. The van der Waals surface area contributed by atoms with E-state index < -0.39 is 12.1 Å². The lowest BCUT2D eigenvalue weighted by atomic mass is 10.0. The van der Waals surface area contributed by atoms with E-state index in [0.717, 1.165) is 30.0 Å². The van der Waals surface area contributed by atoms with Crippen LogP contribution in [0.1, 0.15) is 50.4 Å². The van der Waals surface area contributed by atoms with Crippen molar-refractivity contribution in [3.05, 3.63) is 66.2 Å². The first kappa shape index (κ1) is 31.3. The van der Waals surface area contributed by atoms with Crippen LogP contribution in [0, 0.1) is 5.92 Å². The third kappa shape index (κ3) is 8.00. The monoisotopic (exact) mass is 576 g/mol. The van der Waals surface area contributed by atoms with E-state index in [2.05, 4.69) is 22.9 Å². The number of hydrogen-bond donors (Lipinski definition) is 4. The van der Waals surface area contributed by atoms with Crippen molar-refractivity contribution in [1.82, 2.24) is 10.2 Å². The molecule has 1 aliphatic rings. The van der Waals surface area contributed by atoms with E-state index in [0.29, 0.717) is 42.4 Å². The summed E-state index contributed by atoms with van der Waals surface area (Å²) in [6.07, 6.45) is 2.46. The lowest BCUT2D eigenvalue weighted by Crippen LogP contribution is -2.47. The van der Waals surface area contributed by atoms with Crippen LogP contribution in [-0.2, 0) is 4.74 Å². The van der Waals surface area contributed by atoms with Crippen LogP contribution in [0.2, 0.25) is 0 Å². The molecule has 0 saturated heterocycles. The third-order valence-corrected chi connectivity index (χ3v) is 7.75. The smallest absolute Gasteiger partial charge is 0.323 e. The predicted octanol–water partition coefficient (Wildman–Crippen LogP) is 5.50. The summed E-state index contributed by atoms with van der Waals surface area (Å²) in [5.74, 6) is 0.189. The highest BCUT2D eigenvalue weighted by atomic mass is 16.5. The maximum Gasteiger partial charge on any atom is 0.323 e. The molecule has 9 nitrogen and oxygen atoms in total. The summed E-state index contributed by atoms with van der Waals surface area (Å²) in [5, 5.41) is 21.0. The minimum absolute atomic E-state index is 0.00872. The number of rotatable bonds is 6. The third-order valence-electron chi connectivity index (χ3n) is 7.75. The highest BCUT2D eigenvalue weighted by Crippen LogP contribution is 2.29. The molecule has 0 bridgehead atoms. The molecule has 0 radical (unpaired) electrons. The van der Waals surface area contributed by atoms with Gasteiger partial charge in [-0.05, 0) is 69.8 Å². The molecule has 4 atom stereocenters. The lowest BCUT2D eigenvalue weighted by molar-refractivity contribution is -0.000451. The number of nitrogens with one attached hydrogen (secondary N) is 3. The average Bonchev–Trinajstić information content (AvgIpc) is 2.98. The van der Waals surface area contributed by atoms with Gasteiger partial charge in [0.2, 0.25) is 0 Å². The van der Waals surface area contributed by atoms with E-state index in [1.54, 1.807) is 23.1 Å². The van der Waals surface area contributed by atoms with Crippen LogP contribution in [0.25, 0.3) is 10.8 Å². The number of hydrogen-bond acceptors (Lipinski definition) is 6. The summed E-state index contributed by atoms with van der Waals surface area (Å²) in [6.45, 7) is 7.38. The quantitative estimate of drug-likeness (QED) is 0.308. The molecule has 4 rings (SSSR count). The van der Waals surface area contributed by atoms with Crippen LogP contribution >= 0.6 is 0 Å². The fourth-order valence-corrected chi connectivity index (χ4v) is 5.31. The lowest BCUT2D eigenvalue weighted by Gasteiger charge is -2.34. The van der Waals surface area contributed by atoms with E-state index in [1.165, 1.54) is 0 Å². The molecule has 1 heterocycles. The minimum atomic E-state index is -0.431. The molecular weight excluding hydrogens is 532 g/mol. The summed E-state index contributed by atoms with van der Waals surface area (Å²) < 4.78 is 12.5. The Labute approximate surface area is 248 Å². The molecule has 0 aliphatic carbocycles. The maximum atomic E-state index is 14.1. The van der Waals surface area contributed by atoms with Gasteiger partial charge in [-0.2, -0.15) is 0 Å². The van der Waals surface area contributed by atoms with E-state index in [9.17, 15) is 14.7 Å². The number of urea groups is 1. The van der Waals surface area contributed by atoms with Gasteiger partial charge in [0, 0.05) is 36.7 Å². The highest BCUT2D eigenvalue weighted by molar-refractivity contribution is 6.07. The molecule has 0 spiro atoms. The zero-order chi connectivity index (χ0) is 30.1. The van der Waals surface area contributed by atoms with Gasteiger partial charge in [0.25, 0.3) is 5.91 Å². The standard InChI is InChI=1S/C33H44N4O5/c1-22-20-37(23(2)21-38)32(39)28-18-26(35-33(40)36-29-14-9-12-25-11-5-6-13-27(25)29)15-16-30(28)42-24(3)10-7-8-17-41-31(22)19-34-4/h5-6,9,11-16,18,22-24,31,34,38H,7-8,10,17,19-21H2,1-4H3,(H2,35,36,40)/t22-,23-,24-,31+/m1/s1. The fourth-order valence-electron chi connectivity index (χ4n) is 5.31. The van der Waals surface area contributed by atoms with Crippen molar-refractivity contribution in [3.8, 4) is 5.75 Å². The Morgan fingerprint density at radius 2 is 1.86 bits per heavy atom. The molecule has 1 aliphatic heterocycles. The first-order chi connectivity index (χ1) is 20.3. The number of fused-ring (bicyclic) bond motifs is 2. The van der Waals surface area contributed by atoms with Crippen molar-refractivity contribution in [2.24, 2.45) is 5.92 Å². The van der Waals surface area contributed by atoms with E-state index in [1.807, 2.05) is 63.4 Å². The normalized spacial score (nSPS) is 21.1. The molecule has 4 N–H and O–H groups in total. The molecular formula is C33H44N4O5. The number of carbonyl (C=O) groups excluding carboxylic acids is 2. The second-order valence-electron chi connectivity index (χ2n) is 11.2. The van der Waals surface area contributed by atoms with Gasteiger partial charge < -0.3 is 35.4 Å². The zero-order valence-electron chi connectivity index (χ0n) is 25.1. The number of benzene rings is 3. The van der Waals surface area contributed by atoms with Crippen molar-refractivity contribution < 1.29 is 24.2 Å². The Bertz CT molecular complexity index is 1340. The Morgan fingerprint density at radius 3 is 2.64 bits per heavy atom. The highest BCUT2D eigenvalue weighted by Gasteiger charge is 2.29. The van der Waals surface area contributed by atoms with Crippen LogP contribution in [0.15, 0.2) is 60.7 Å². The molecule has 226 valence electrons. The van der Waals surface area contributed by atoms with Gasteiger partial charge in [0.05, 0.1) is 36.1 Å². The van der Waals surface area contributed by atoms with Crippen LogP contribution in [0.4, 0.5) is 16.2 Å². The number of aliphatic hydroxyl groups excluding tert-OH is 1. The Hall–Kier alpha value is -3.66. The Balaban J connectivity index is 1.63. The molecule has 3 aromatic carbocycles. The van der Waals surface area contributed by atoms with Gasteiger partial charge in [-0.3, -0.25) is 4.79 Å². The minimum Gasteiger partial charge on any atom is -0.490 e. The topological polar surface area (TPSA) is 112 Å². The number of ether oxygens (including phenoxy) is 2. The number of amides is 3. The van der Waals surface area contributed by atoms with Gasteiger partial charge in [0.15, 0.2) is 0 Å². The maximum absolute atomic E-state index is 14.1. The number of aliphatic hydroxyl groups is 1. The van der Waals surface area contributed by atoms with E-state index in [-0.39, 0.29) is 30.6 Å². The van der Waals surface area contributed by atoms with Crippen molar-refractivity contribution >= 4 is 34.1 Å². The number of likely N-dealkylation sites (N-methyl/N-ethyl adjacent to an activating group) is 1. The second-order valence-corrected chi connectivity index (χ2v) is 11.2. The molecule has 3 amide bonds.